The number of alkyl halides is 1. The molecule has 1 saturated carbocycles. The van der Waals surface area contributed by atoms with E-state index in [1.54, 1.807) is 61.6 Å². The number of hydrogen-bond donors (Lipinski definition) is 3. The highest BCUT2D eigenvalue weighted by Gasteiger charge is 2.45. The van der Waals surface area contributed by atoms with Gasteiger partial charge in [-0.1, -0.05) is 30.3 Å². The summed E-state index contributed by atoms with van der Waals surface area (Å²) >= 11 is 0. The van der Waals surface area contributed by atoms with Gasteiger partial charge < -0.3 is 29.9 Å². The SMILES string of the molecule is Cn1c(C(=O)O)cc2cc(NC(=O)[C@@H]3[C@H](c4ccccc4)CCN3C(=O)[C@H]3CC[C@H](C(CF)NC(=O)OC(C)(C)C)CC3)ccc21. The van der Waals surface area contributed by atoms with Crippen molar-refractivity contribution in [3.05, 3.63) is 65.9 Å². The zero-order valence-corrected chi connectivity index (χ0v) is 26.8. The van der Waals surface area contributed by atoms with Crippen molar-refractivity contribution in [2.24, 2.45) is 18.9 Å². The third kappa shape index (κ3) is 7.18. The van der Waals surface area contributed by atoms with Gasteiger partial charge in [-0.2, -0.15) is 0 Å². The van der Waals surface area contributed by atoms with Gasteiger partial charge in [0.2, 0.25) is 11.8 Å². The van der Waals surface area contributed by atoms with Gasteiger partial charge in [0, 0.05) is 42.0 Å². The summed E-state index contributed by atoms with van der Waals surface area (Å²) in [5, 5.41) is 15.9. The van der Waals surface area contributed by atoms with E-state index in [-0.39, 0.29) is 35.3 Å². The van der Waals surface area contributed by atoms with Gasteiger partial charge in [-0.3, -0.25) is 9.59 Å². The van der Waals surface area contributed by atoms with Crippen LogP contribution in [0.1, 0.15) is 74.8 Å². The maximum absolute atomic E-state index is 14.0. The smallest absolute Gasteiger partial charge is 0.407 e. The van der Waals surface area contributed by atoms with Crippen molar-refractivity contribution in [3.8, 4) is 0 Å². The summed E-state index contributed by atoms with van der Waals surface area (Å²) in [7, 11) is 1.68. The lowest BCUT2D eigenvalue weighted by molar-refractivity contribution is -0.141. The van der Waals surface area contributed by atoms with Crippen molar-refractivity contribution in [2.45, 2.75) is 76.5 Å². The molecule has 5 rings (SSSR count). The lowest BCUT2D eigenvalue weighted by atomic mass is 9.78. The van der Waals surface area contributed by atoms with Crippen LogP contribution in [0.25, 0.3) is 10.9 Å². The zero-order chi connectivity index (χ0) is 33.2. The Morgan fingerprint density at radius 2 is 1.70 bits per heavy atom. The van der Waals surface area contributed by atoms with Gasteiger partial charge in [0.25, 0.3) is 0 Å². The van der Waals surface area contributed by atoms with Crippen LogP contribution < -0.4 is 10.6 Å². The Morgan fingerprint density at radius 1 is 1.00 bits per heavy atom. The number of carboxylic acid groups (broad SMARTS) is 1. The fourth-order valence-corrected chi connectivity index (χ4v) is 7.01. The predicted octanol–water partition coefficient (Wildman–Crippen LogP) is 5.87. The van der Waals surface area contributed by atoms with Gasteiger partial charge in [0.05, 0.1) is 6.04 Å². The number of likely N-dealkylation sites (tertiary alicyclic amines) is 1. The van der Waals surface area contributed by atoms with E-state index in [0.717, 1.165) is 11.1 Å². The first-order chi connectivity index (χ1) is 21.9. The number of anilines is 1. The highest BCUT2D eigenvalue weighted by atomic mass is 19.1. The summed E-state index contributed by atoms with van der Waals surface area (Å²) < 4.78 is 20.9. The van der Waals surface area contributed by atoms with E-state index in [1.165, 1.54) is 0 Å². The molecule has 2 aromatic carbocycles. The number of rotatable bonds is 8. The Balaban J connectivity index is 1.30. The largest absolute Gasteiger partial charge is 0.477 e. The van der Waals surface area contributed by atoms with Crippen molar-refractivity contribution in [1.29, 1.82) is 0 Å². The topological polar surface area (TPSA) is 130 Å². The minimum atomic E-state index is -1.04. The molecule has 246 valence electrons. The standard InChI is InChI=1S/C35H43FN4O6/c1-35(2,3)46-34(45)38-27(20-36)22-10-12-23(13-11-22)32(42)40-17-16-26(21-8-6-5-7-9-21)30(40)31(41)37-25-14-15-28-24(18-25)19-29(33(43)44)39(28)4/h5-9,14-15,18-19,22-23,26-27,30H,10-13,16-17,20H2,1-4H3,(H,37,41)(H,38,45)(H,43,44)/t22-,23-,26-,27?,30-/m0/s1. The van der Waals surface area contributed by atoms with E-state index >= 15 is 0 Å². The molecule has 0 bridgehead atoms. The molecule has 11 heteroatoms. The van der Waals surface area contributed by atoms with Crippen molar-refractivity contribution >= 4 is 40.5 Å². The molecular formula is C35H43FN4O6. The van der Waals surface area contributed by atoms with Crippen molar-refractivity contribution in [2.75, 3.05) is 18.5 Å². The van der Waals surface area contributed by atoms with Gasteiger partial charge in [0.1, 0.15) is 24.0 Å². The van der Waals surface area contributed by atoms with Crippen LogP contribution in [0.2, 0.25) is 0 Å². The summed E-state index contributed by atoms with van der Waals surface area (Å²) in [5.74, 6) is -2.05. The van der Waals surface area contributed by atoms with E-state index in [1.807, 2.05) is 30.3 Å². The fraction of sp³-hybridized carbons (Fsp3) is 0.486. The molecule has 3 amide bonds. The normalized spacial score (nSPS) is 22.3. The number of aryl methyl sites for hydroxylation is 1. The summed E-state index contributed by atoms with van der Waals surface area (Å²) in [4.78, 5) is 53.6. The summed E-state index contributed by atoms with van der Waals surface area (Å²) in [6, 6.07) is 15.1. The maximum Gasteiger partial charge on any atom is 0.407 e. The fourth-order valence-electron chi connectivity index (χ4n) is 7.01. The van der Waals surface area contributed by atoms with Crippen LogP contribution >= 0.6 is 0 Å². The highest BCUT2D eigenvalue weighted by Crippen LogP contribution is 2.39. The van der Waals surface area contributed by atoms with Crippen molar-refractivity contribution in [1.82, 2.24) is 14.8 Å². The number of carbonyl (C=O) groups is 4. The number of nitrogens with zero attached hydrogens (tertiary/aromatic N) is 2. The first-order valence-corrected chi connectivity index (χ1v) is 15.9. The third-order valence-electron chi connectivity index (χ3n) is 9.26. The molecule has 3 atom stereocenters. The van der Waals surface area contributed by atoms with Gasteiger partial charge in [-0.05, 0) is 88.6 Å². The van der Waals surface area contributed by atoms with Gasteiger partial charge in [0.15, 0.2) is 0 Å². The highest BCUT2D eigenvalue weighted by molar-refractivity contribution is 6.01. The number of carboxylic acids is 1. The van der Waals surface area contributed by atoms with Crippen LogP contribution in [0.5, 0.6) is 0 Å². The molecule has 10 nitrogen and oxygen atoms in total. The molecule has 2 fully saturated rings. The maximum atomic E-state index is 14.0. The molecule has 1 aromatic heterocycles. The number of alkyl carbamates (subject to hydrolysis) is 1. The van der Waals surface area contributed by atoms with Gasteiger partial charge in [-0.25, -0.2) is 14.0 Å². The number of nitrogens with one attached hydrogen (secondary N) is 2. The van der Waals surface area contributed by atoms with Crippen molar-refractivity contribution < 1.29 is 33.4 Å². The summed E-state index contributed by atoms with van der Waals surface area (Å²) in [5.41, 5.74) is 1.67. The number of aromatic nitrogens is 1. The number of halogens is 1. The summed E-state index contributed by atoms with van der Waals surface area (Å²) in [6.45, 7) is 4.97. The molecule has 1 aliphatic heterocycles. The predicted molar refractivity (Wildman–Crippen MR) is 172 cm³/mol. The Hall–Kier alpha value is -4.41. The molecule has 2 heterocycles. The molecule has 0 spiro atoms. The van der Waals surface area contributed by atoms with Crippen LogP contribution in [0.15, 0.2) is 54.6 Å². The average molecular weight is 635 g/mol. The minimum absolute atomic E-state index is 0.0847. The van der Waals surface area contributed by atoms with Crippen molar-refractivity contribution in [3.63, 3.8) is 0 Å². The first-order valence-electron chi connectivity index (χ1n) is 15.9. The van der Waals surface area contributed by atoms with E-state index in [9.17, 15) is 28.7 Å². The third-order valence-corrected chi connectivity index (χ3v) is 9.26. The number of benzene rings is 2. The lowest BCUT2D eigenvalue weighted by Gasteiger charge is -2.36. The number of carbonyl (C=O) groups excluding carboxylic acids is 3. The lowest BCUT2D eigenvalue weighted by Crippen LogP contribution is -2.49. The Kier molecular flexibility index (Phi) is 9.69. The van der Waals surface area contributed by atoms with E-state index < -0.39 is 36.4 Å². The Labute approximate surface area is 268 Å². The second kappa shape index (κ2) is 13.5. The van der Waals surface area contributed by atoms with Crippen LogP contribution in [0.4, 0.5) is 14.9 Å². The molecule has 46 heavy (non-hydrogen) atoms. The van der Waals surface area contributed by atoms with Crippen LogP contribution in [-0.2, 0) is 21.4 Å². The molecule has 1 saturated heterocycles. The van der Waals surface area contributed by atoms with Gasteiger partial charge in [-0.15, -0.1) is 0 Å². The second-order valence-electron chi connectivity index (χ2n) is 13.5. The second-order valence-corrected chi connectivity index (χ2v) is 13.5. The molecule has 1 aliphatic carbocycles. The van der Waals surface area contributed by atoms with Crippen LogP contribution in [-0.4, -0.2) is 69.4 Å². The molecule has 2 aliphatic rings. The molecule has 3 aromatic rings. The molecule has 3 N–H and O–H groups in total. The summed E-state index contributed by atoms with van der Waals surface area (Å²) in [6.07, 6.45) is 2.19. The average Bonchev–Trinajstić information content (AvgIpc) is 3.61. The molecule has 1 unspecified atom stereocenters. The number of amides is 3. The van der Waals surface area contributed by atoms with E-state index in [0.29, 0.717) is 49.7 Å². The zero-order valence-electron chi connectivity index (χ0n) is 26.8. The monoisotopic (exact) mass is 634 g/mol. The van der Waals surface area contributed by atoms with Crippen LogP contribution in [0, 0.1) is 11.8 Å². The molecule has 0 radical (unpaired) electrons. The number of ether oxygens (including phenoxy) is 1. The van der Waals surface area contributed by atoms with E-state index in [2.05, 4.69) is 10.6 Å². The number of aromatic carboxylic acids is 1. The van der Waals surface area contributed by atoms with Gasteiger partial charge >= 0.3 is 12.1 Å². The van der Waals surface area contributed by atoms with Crippen LogP contribution in [0.3, 0.4) is 0 Å². The minimum Gasteiger partial charge on any atom is -0.477 e. The molecular weight excluding hydrogens is 591 g/mol. The Bertz CT molecular complexity index is 1590. The Morgan fingerprint density at radius 3 is 2.33 bits per heavy atom. The quantitative estimate of drug-likeness (QED) is 0.284. The number of hydrogen-bond acceptors (Lipinski definition) is 5. The first kappa shape index (κ1) is 33.0. The number of fused-ring (bicyclic) bond motifs is 1. The van der Waals surface area contributed by atoms with E-state index in [4.69, 9.17) is 4.74 Å².